The van der Waals surface area contributed by atoms with Gasteiger partial charge in [0, 0.05) is 57.1 Å². The molecule has 0 spiro atoms. The van der Waals surface area contributed by atoms with E-state index in [0.717, 1.165) is 69.8 Å². The van der Waals surface area contributed by atoms with Gasteiger partial charge in [0.25, 0.3) is 0 Å². The number of nitrogens with zero attached hydrogens (tertiary/aromatic N) is 3. The van der Waals surface area contributed by atoms with E-state index < -0.39 is 5.41 Å². The molecule has 31 heavy (non-hydrogen) atoms. The van der Waals surface area contributed by atoms with Gasteiger partial charge in [-0.3, -0.25) is 19.5 Å². The monoisotopic (exact) mass is 428 g/mol. The van der Waals surface area contributed by atoms with E-state index in [-0.39, 0.29) is 11.8 Å². The number of hydrogen-bond acceptors (Lipinski definition) is 5. The van der Waals surface area contributed by atoms with Crippen LogP contribution in [0.4, 0.5) is 0 Å². The lowest BCUT2D eigenvalue weighted by atomic mass is 9.60. The van der Waals surface area contributed by atoms with Crippen LogP contribution in [0.3, 0.4) is 0 Å². The van der Waals surface area contributed by atoms with Crippen LogP contribution in [-0.4, -0.2) is 72.0 Å². The maximum Gasteiger partial charge on any atom is 0.228 e. The number of pyridine rings is 1. The van der Waals surface area contributed by atoms with Crippen molar-refractivity contribution in [2.75, 3.05) is 39.4 Å². The Morgan fingerprint density at radius 1 is 1.26 bits per heavy atom. The van der Waals surface area contributed by atoms with Crippen molar-refractivity contribution in [2.24, 2.45) is 11.3 Å². The topological polar surface area (TPSA) is 74.8 Å². The van der Waals surface area contributed by atoms with Crippen molar-refractivity contribution >= 4 is 11.8 Å². The molecule has 0 bridgehead atoms. The number of aromatic nitrogens is 1. The zero-order chi connectivity index (χ0) is 21.8. The van der Waals surface area contributed by atoms with Gasteiger partial charge in [0.15, 0.2) is 0 Å². The number of fused-ring (bicyclic) bond motifs is 1. The summed E-state index contributed by atoms with van der Waals surface area (Å²) in [6.07, 6.45) is 6.08. The van der Waals surface area contributed by atoms with Gasteiger partial charge in [-0.2, -0.15) is 0 Å². The van der Waals surface area contributed by atoms with Gasteiger partial charge < -0.3 is 15.0 Å². The molecule has 1 aliphatic carbocycles. The van der Waals surface area contributed by atoms with Crippen molar-refractivity contribution in [3.8, 4) is 0 Å². The molecule has 0 unspecified atom stereocenters. The summed E-state index contributed by atoms with van der Waals surface area (Å²) in [6, 6.07) is 4.48. The molecular formula is C24H36N4O3. The first kappa shape index (κ1) is 22.2. The molecule has 170 valence electrons. The second kappa shape index (κ2) is 9.65. The highest BCUT2D eigenvalue weighted by Gasteiger charge is 2.53. The number of carbonyl (C=O) groups excluding carboxylic acids is 2. The van der Waals surface area contributed by atoms with Crippen LogP contribution in [-0.2, 0) is 20.9 Å². The van der Waals surface area contributed by atoms with E-state index in [1.807, 2.05) is 30.9 Å². The number of likely N-dealkylation sites (tertiary alicyclic amines) is 1. The van der Waals surface area contributed by atoms with Crippen molar-refractivity contribution in [1.82, 2.24) is 20.1 Å². The lowest BCUT2D eigenvalue weighted by Gasteiger charge is -2.53. The Balaban J connectivity index is 1.50. The quantitative estimate of drug-likeness (QED) is 0.778. The Labute approximate surface area is 185 Å². The molecule has 3 heterocycles. The number of aryl methyl sites for hydroxylation is 1. The predicted molar refractivity (Wildman–Crippen MR) is 118 cm³/mol. The SMILES string of the molecule is CCC(=O)N1CC[C@@H]2C[C@@H](N3CCOCC3)CC[C@@]2(C(=O)NCc2ccnc(C)c2)C1. The van der Waals surface area contributed by atoms with E-state index in [2.05, 4.69) is 15.2 Å². The molecule has 0 radical (unpaired) electrons. The maximum absolute atomic E-state index is 13.7. The lowest BCUT2D eigenvalue weighted by molar-refractivity contribution is -0.151. The first-order valence-electron chi connectivity index (χ1n) is 11.8. The fourth-order valence-electron chi connectivity index (χ4n) is 5.79. The fraction of sp³-hybridized carbons (Fsp3) is 0.708. The molecule has 2 aliphatic heterocycles. The highest BCUT2D eigenvalue weighted by atomic mass is 16.5. The van der Waals surface area contributed by atoms with Crippen LogP contribution in [0.25, 0.3) is 0 Å². The van der Waals surface area contributed by atoms with Crippen LogP contribution in [0.15, 0.2) is 18.3 Å². The molecule has 7 nitrogen and oxygen atoms in total. The molecule has 2 amide bonds. The van der Waals surface area contributed by atoms with Crippen LogP contribution < -0.4 is 5.32 Å². The Morgan fingerprint density at radius 2 is 2.06 bits per heavy atom. The van der Waals surface area contributed by atoms with Crippen molar-refractivity contribution in [2.45, 2.75) is 58.5 Å². The van der Waals surface area contributed by atoms with Crippen LogP contribution in [0.2, 0.25) is 0 Å². The highest BCUT2D eigenvalue weighted by molar-refractivity contribution is 5.85. The van der Waals surface area contributed by atoms with E-state index in [0.29, 0.717) is 31.5 Å². The second-order valence-corrected chi connectivity index (χ2v) is 9.38. The molecule has 4 rings (SSSR count). The smallest absolute Gasteiger partial charge is 0.228 e. The summed E-state index contributed by atoms with van der Waals surface area (Å²) in [6.45, 7) is 9.27. The Hall–Kier alpha value is -1.99. The first-order chi connectivity index (χ1) is 15.0. The van der Waals surface area contributed by atoms with Crippen LogP contribution in [0, 0.1) is 18.3 Å². The number of nitrogens with one attached hydrogen (secondary N) is 1. The third-order valence-electron chi connectivity index (χ3n) is 7.57. The number of carbonyl (C=O) groups is 2. The number of amides is 2. The highest BCUT2D eigenvalue weighted by Crippen LogP contribution is 2.48. The number of morpholine rings is 1. The third-order valence-corrected chi connectivity index (χ3v) is 7.57. The molecular weight excluding hydrogens is 392 g/mol. The zero-order valence-corrected chi connectivity index (χ0v) is 18.9. The van der Waals surface area contributed by atoms with Gasteiger partial charge >= 0.3 is 0 Å². The number of piperidine rings is 1. The van der Waals surface area contributed by atoms with Gasteiger partial charge in [0.05, 0.1) is 18.6 Å². The maximum atomic E-state index is 13.7. The first-order valence-corrected chi connectivity index (χ1v) is 11.8. The summed E-state index contributed by atoms with van der Waals surface area (Å²) in [4.78, 5) is 34.9. The summed E-state index contributed by atoms with van der Waals surface area (Å²) in [5, 5.41) is 3.22. The molecule has 1 N–H and O–H groups in total. The summed E-state index contributed by atoms with van der Waals surface area (Å²) >= 11 is 0. The summed E-state index contributed by atoms with van der Waals surface area (Å²) in [7, 11) is 0. The van der Waals surface area contributed by atoms with Crippen molar-refractivity contribution in [3.63, 3.8) is 0 Å². The van der Waals surface area contributed by atoms with Crippen LogP contribution in [0.5, 0.6) is 0 Å². The van der Waals surface area contributed by atoms with Gasteiger partial charge in [-0.05, 0) is 56.2 Å². The second-order valence-electron chi connectivity index (χ2n) is 9.38. The molecule has 3 aliphatic rings. The Bertz CT molecular complexity index is 795. The third kappa shape index (κ3) is 4.77. The zero-order valence-electron chi connectivity index (χ0n) is 18.9. The van der Waals surface area contributed by atoms with Crippen LogP contribution >= 0.6 is 0 Å². The fourth-order valence-corrected chi connectivity index (χ4v) is 5.79. The van der Waals surface area contributed by atoms with Gasteiger partial charge in [0.2, 0.25) is 11.8 Å². The van der Waals surface area contributed by atoms with E-state index in [1.165, 1.54) is 0 Å². The summed E-state index contributed by atoms with van der Waals surface area (Å²) < 4.78 is 5.54. The molecule has 7 heteroatoms. The average Bonchev–Trinajstić information content (AvgIpc) is 2.81. The van der Waals surface area contributed by atoms with E-state index in [4.69, 9.17) is 4.74 Å². The van der Waals surface area contributed by atoms with Crippen molar-refractivity contribution in [3.05, 3.63) is 29.6 Å². The van der Waals surface area contributed by atoms with Crippen molar-refractivity contribution in [1.29, 1.82) is 0 Å². The minimum atomic E-state index is -0.478. The van der Waals surface area contributed by atoms with Gasteiger partial charge in [0.1, 0.15) is 0 Å². The molecule has 3 atom stereocenters. The molecule has 1 saturated carbocycles. The summed E-state index contributed by atoms with van der Waals surface area (Å²) in [5.74, 6) is 0.584. The van der Waals surface area contributed by atoms with E-state index in [1.54, 1.807) is 6.20 Å². The van der Waals surface area contributed by atoms with Gasteiger partial charge in [-0.1, -0.05) is 6.92 Å². The number of hydrogen-bond donors (Lipinski definition) is 1. The Kier molecular flexibility index (Phi) is 6.92. The molecule has 3 fully saturated rings. The molecule has 1 aromatic rings. The molecule has 0 aromatic carbocycles. The number of rotatable bonds is 5. The molecule has 2 saturated heterocycles. The largest absolute Gasteiger partial charge is 0.379 e. The van der Waals surface area contributed by atoms with E-state index in [9.17, 15) is 9.59 Å². The minimum absolute atomic E-state index is 0.112. The standard InChI is InChI=1S/C24H36N4O3/c1-3-22(29)28-9-6-20-15-21(27-10-12-31-13-11-27)4-7-24(20,17-28)23(30)26-16-19-5-8-25-18(2)14-19/h5,8,14,20-21H,3-4,6-7,9-13,15-17H2,1-2H3,(H,26,30)/t20-,21+,24-/m1/s1. The average molecular weight is 429 g/mol. The lowest BCUT2D eigenvalue weighted by Crippen LogP contribution is -2.61. The van der Waals surface area contributed by atoms with Gasteiger partial charge in [-0.25, -0.2) is 0 Å². The summed E-state index contributed by atoms with van der Waals surface area (Å²) in [5.41, 5.74) is 1.54. The minimum Gasteiger partial charge on any atom is -0.379 e. The van der Waals surface area contributed by atoms with E-state index >= 15 is 0 Å². The van der Waals surface area contributed by atoms with Gasteiger partial charge in [-0.15, -0.1) is 0 Å². The Morgan fingerprint density at radius 3 is 2.81 bits per heavy atom. The van der Waals surface area contributed by atoms with Crippen LogP contribution in [0.1, 0.15) is 50.3 Å². The normalized spacial score (nSPS) is 29.3. The molecule has 1 aromatic heterocycles. The number of ether oxygens (including phenoxy) is 1. The van der Waals surface area contributed by atoms with Crippen molar-refractivity contribution < 1.29 is 14.3 Å². The predicted octanol–water partition coefficient (Wildman–Crippen LogP) is 2.14.